The van der Waals surface area contributed by atoms with Crippen LogP contribution in [-0.2, 0) is 76.7 Å². The van der Waals surface area contributed by atoms with Crippen LogP contribution in [0.3, 0.4) is 0 Å². The fourth-order valence-corrected chi connectivity index (χ4v) is 10.3. The van der Waals surface area contributed by atoms with Gasteiger partial charge in [0.05, 0.1) is 40.4 Å². The molecule has 546 valence electrons. The normalized spacial score (nSPS) is 14.7. The maximum absolute atomic E-state index is 12.8. The van der Waals surface area contributed by atoms with Gasteiger partial charge < -0.3 is 29.1 Å². The molecule has 7 N–H and O–H groups in total. The van der Waals surface area contributed by atoms with Crippen molar-refractivity contribution in [2.45, 2.75) is 174 Å². The predicted molar refractivity (Wildman–Crippen MR) is 355 cm³/mol. The molecule has 1 aromatic heterocycles. The summed E-state index contributed by atoms with van der Waals surface area (Å²) in [6.45, 7) is 15.9. The number of amides is 4. The highest BCUT2D eigenvalue weighted by atomic mass is 19.4. The number of carboxylic acids is 1. The number of alkyl carbamates (subject to hydrolysis) is 1. The van der Waals surface area contributed by atoms with Crippen LogP contribution in [0.2, 0.25) is 0 Å². The fourth-order valence-electron chi connectivity index (χ4n) is 10.3. The van der Waals surface area contributed by atoms with Crippen LogP contribution in [0.15, 0.2) is 150 Å². The summed E-state index contributed by atoms with van der Waals surface area (Å²) in [6, 6.07) is 35.4. The molecule has 7 aromatic rings. The molecule has 6 aromatic carbocycles. The van der Waals surface area contributed by atoms with Gasteiger partial charge in [-0.1, -0.05) is 91.0 Å². The minimum absolute atomic E-state index is 0.000394. The lowest BCUT2D eigenvalue weighted by atomic mass is 9.98. The summed E-state index contributed by atoms with van der Waals surface area (Å²) in [5.41, 5.74) is 5.91. The molecule has 19 nitrogen and oxygen atoms in total. The topological polar surface area (TPSA) is 280 Å². The Hall–Kier alpha value is -10.1. The van der Waals surface area contributed by atoms with Crippen LogP contribution >= 0.6 is 0 Å². The molecule has 0 bridgehead atoms. The largest absolute Gasteiger partial charge is 0.481 e. The van der Waals surface area contributed by atoms with E-state index in [4.69, 9.17) is 29.6 Å². The molecule has 0 radical (unpaired) electrons. The smallest absolute Gasteiger partial charge is 0.416 e. The quantitative estimate of drug-likeness (QED) is 0.0123. The first-order valence-electron chi connectivity index (χ1n) is 32.3. The number of aliphatic carboxylic acids is 1. The summed E-state index contributed by atoms with van der Waals surface area (Å²) < 4.78 is 136. The van der Waals surface area contributed by atoms with Gasteiger partial charge in [0, 0.05) is 16.7 Å². The second kappa shape index (κ2) is 31.8. The lowest BCUT2D eigenvalue weighted by molar-refractivity contribution is -0.160. The highest BCUT2D eigenvalue weighted by Crippen LogP contribution is 2.51. The van der Waals surface area contributed by atoms with Gasteiger partial charge in [-0.3, -0.25) is 45.0 Å². The van der Waals surface area contributed by atoms with Crippen LogP contribution in [0.25, 0.3) is 11.5 Å². The van der Waals surface area contributed by atoms with E-state index in [0.29, 0.717) is 90.6 Å². The Balaban J connectivity index is 0.000000200. The number of halogens is 9. The molecule has 10 rings (SSSR count). The third-order valence-corrected chi connectivity index (χ3v) is 16.0. The molecule has 4 amide bonds. The fraction of sp³-hybridized carbons (Fsp3) is 0.392. The SMILES string of the molecule is CC(C)(C)OC(=O)CC1(C(=O)NNC(=O)c2ccccc2Cc2ccc(C(F)(F)F)cc2)CC1.CC(C)(C)OC(=O)CC1(C(=O)O)CC1.CC(C)(C)OC(=O)NC1(c2nnc(-c3ccccc3Cc3ccc(C(F)(F)F)cc3)o2)CC1.NNC(=O)c1ccccc1Cc1ccc(C(F)(F)F)cc1. The Morgan fingerprint density at radius 2 is 0.843 bits per heavy atom. The molecule has 3 fully saturated rings. The molecule has 0 aliphatic heterocycles. The van der Waals surface area contributed by atoms with Gasteiger partial charge >= 0.3 is 42.5 Å². The number of hydrogen-bond acceptors (Lipinski definition) is 14. The van der Waals surface area contributed by atoms with E-state index in [1.54, 1.807) is 111 Å². The van der Waals surface area contributed by atoms with Crippen molar-refractivity contribution in [3.05, 3.63) is 213 Å². The minimum atomic E-state index is -4.42. The Kier molecular flexibility index (Phi) is 24.7. The van der Waals surface area contributed by atoms with E-state index in [0.717, 1.165) is 47.5 Å². The average Bonchev–Trinajstić information content (AvgIpc) is 1.62. The van der Waals surface area contributed by atoms with E-state index < -0.39 is 110 Å². The predicted octanol–water partition coefficient (Wildman–Crippen LogP) is 14.9. The Morgan fingerprint density at radius 3 is 1.22 bits per heavy atom. The van der Waals surface area contributed by atoms with Crippen LogP contribution < -0.4 is 27.4 Å². The Morgan fingerprint density at radius 1 is 0.471 bits per heavy atom. The number of benzene rings is 6. The molecule has 0 atom stereocenters. The lowest BCUT2D eigenvalue weighted by Gasteiger charge is -2.22. The molecule has 0 saturated heterocycles. The lowest BCUT2D eigenvalue weighted by Crippen LogP contribution is -2.46. The van der Waals surface area contributed by atoms with Crippen molar-refractivity contribution < 1.29 is 96.8 Å². The number of aromatic nitrogens is 2. The van der Waals surface area contributed by atoms with Gasteiger partial charge in [-0.05, 0) is 208 Å². The van der Waals surface area contributed by atoms with Crippen LogP contribution in [-0.4, -0.2) is 73.8 Å². The maximum atomic E-state index is 12.8. The molecule has 0 unspecified atom stereocenters. The van der Waals surface area contributed by atoms with E-state index in [9.17, 15) is 73.1 Å². The van der Waals surface area contributed by atoms with Crippen LogP contribution in [0.4, 0.5) is 44.3 Å². The first-order valence-corrected chi connectivity index (χ1v) is 32.3. The van der Waals surface area contributed by atoms with Crippen molar-refractivity contribution in [1.29, 1.82) is 0 Å². The van der Waals surface area contributed by atoms with Crippen molar-refractivity contribution in [2.24, 2.45) is 16.7 Å². The zero-order valence-electron chi connectivity index (χ0n) is 57.4. The van der Waals surface area contributed by atoms with Crippen LogP contribution in [0.1, 0.15) is 190 Å². The number of carboxylic acid groups (broad SMARTS) is 1. The molecule has 1 heterocycles. The number of nitrogens with two attached hydrogens (primary N) is 1. The van der Waals surface area contributed by atoms with Crippen LogP contribution in [0.5, 0.6) is 0 Å². The highest BCUT2D eigenvalue weighted by Gasteiger charge is 2.54. The molecule has 3 saturated carbocycles. The molecule has 3 aliphatic carbocycles. The third-order valence-electron chi connectivity index (χ3n) is 16.0. The Labute approximate surface area is 582 Å². The number of carbonyl (C=O) groups is 7. The molecular weight excluding hydrogens is 1350 g/mol. The molecular formula is C74H80F9N7O12. The van der Waals surface area contributed by atoms with Gasteiger partial charge in [0.25, 0.3) is 11.8 Å². The maximum Gasteiger partial charge on any atom is 0.416 e. The number of hydrogen-bond donors (Lipinski definition) is 6. The minimum Gasteiger partial charge on any atom is -0.481 e. The van der Waals surface area contributed by atoms with Gasteiger partial charge in [0.1, 0.15) is 22.3 Å². The van der Waals surface area contributed by atoms with Gasteiger partial charge in [-0.15, -0.1) is 10.2 Å². The van der Waals surface area contributed by atoms with E-state index in [1.807, 2.05) is 29.7 Å². The van der Waals surface area contributed by atoms with Crippen molar-refractivity contribution in [3.63, 3.8) is 0 Å². The summed E-state index contributed by atoms with van der Waals surface area (Å²) >= 11 is 0. The molecule has 3 aliphatic rings. The number of nitrogen functional groups attached to an aromatic ring is 1. The van der Waals surface area contributed by atoms with Gasteiger partial charge in [0.15, 0.2) is 0 Å². The summed E-state index contributed by atoms with van der Waals surface area (Å²) in [4.78, 5) is 83.4. The summed E-state index contributed by atoms with van der Waals surface area (Å²) in [7, 11) is 0. The number of hydrazine groups is 2. The number of carbonyl (C=O) groups excluding carboxylic acids is 6. The average molecular weight is 1430 g/mol. The van der Waals surface area contributed by atoms with Crippen molar-refractivity contribution >= 4 is 41.7 Å². The first kappa shape index (κ1) is 79.2. The number of ether oxygens (including phenoxy) is 3. The molecule has 102 heavy (non-hydrogen) atoms. The highest BCUT2D eigenvalue weighted by molar-refractivity contribution is 5.98. The first-order chi connectivity index (χ1) is 47.4. The van der Waals surface area contributed by atoms with E-state index in [2.05, 4.69) is 26.4 Å². The van der Waals surface area contributed by atoms with E-state index >= 15 is 0 Å². The molecule has 28 heteroatoms. The van der Waals surface area contributed by atoms with Gasteiger partial charge in [-0.25, -0.2) is 10.6 Å². The van der Waals surface area contributed by atoms with E-state index in [1.165, 1.54) is 36.4 Å². The van der Waals surface area contributed by atoms with Crippen molar-refractivity contribution in [3.8, 4) is 11.5 Å². The number of nitrogens with zero attached hydrogens (tertiary/aromatic N) is 2. The number of alkyl halides is 9. The summed E-state index contributed by atoms with van der Waals surface area (Å²) in [5, 5.41) is 20.0. The summed E-state index contributed by atoms with van der Waals surface area (Å²) in [5.74, 6) is 2.44. The standard InChI is InChI=1S/C25H27F3N2O4.C24H24F3N3O3.C15H13F3N2O.C10H16O4/c1-23(2,3)34-20(31)15-24(12-13-24)22(33)30-29-21(32)19-7-5-4-6-17(19)14-16-8-10-18(11-9-16)25(26,27)28;1-22(2,3)33-21(31)28-23(12-13-23)20-30-29-19(32-20)18-7-5-4-6-16(18)14-15-8-10-17(11-9-15)24(25,26)27;16-15(17,18)12-7-5-10(6-8-12)9-11-3-1-2-4-13(11)14(21)20-19;1-9(2,3)14-7(11)6-10(4-5-10)8(12)13/h4-11H,12-15H2,1-3H3,(H,29,32)(H,30,33);4-11H,12-14H2,1-3H3,(H,28,31);1-8H,9,19H2,(H,20,21);4-6H2,1-3H3,(H,12,13). The second-order valence-electron chi connectivity index (χ2n) is 28.0. The van der Waals surface area contributed by atoms with E-state index in [-0.39, 0.29) is 30.7 Å². The third kappa shape index (κ3) is 23.5. The van der Waals surface area contributed by atoms with Crippen molar-refractivity contribution in [1.82, 2.24) is 31.8 Å². The van der Waals surface area contributed by atoms with Crippen LogP contribution in [0, 0.1) is 10.8 Å². The number of esters is 2. The summed E-state index contributed by atoms with van der Waals surface area (Å²) in [6.07, 6.45) is -9.29. The Bertz CT molecular complexity index is 4100. The van der Waals surface area contributed by atoms with Gasteiger partial charge in [0.2, 0.25) is 17.7 Å². The van der Waals surface area contributed by atoms with Crippen molar-refractivity contribution in [2.75, 3.05) is 0 Å². The molecule has 0 spiro atoms. The monoisotopic (exact) mass is 1430 g/mol. The number of nitrogens with one attached hydrogen (secondary N) is 4. The zero-order valence-corrected chi connectivity index (χ0v) is 57.4. The zero-order chi connectivity index (χ0) is 75.4. The second-order valence-corrected chi connectivity index (χ2v) is 28.0. The number of rotatable bonds is 17. The van der Waals surface area contributed by atoms with Gasteiger partial charge in [-0.2, -0.15) is 39.5 Å².